The fraction of sp³-hybridized carbons (Fsp3) is 0.400. The third kappa shape index (κ3) is 3.51. The summed E-state index contributed by atoms with van der Waals surface area (Å²) < 4.78 is 1.73. The first-order valence-corrected chi connectivity index (χ1v) is 6.77. The molecule has 0 fully saturated rings. The van der Waals surface area contributed by atoms with Crippen LogP contribution in [0, 0.1) is 0 Å². The normalized spacial score (nSPS) is 12.2. The third-order valence-electron chi connectivity index (χ3n) is 3.26. The highest BCUT2D eigenvalue weighted by atomic mass is 16.3. The van der Waals surface area contributed by atoms with Crippen LogP contribution in [0.1, 0.15) is 18.5 Å². The summed E-state index contributed by atoms with van der Waals surface area (Å²) in [5.74, 6) is 0. The summed E-state index contributed by atoms with van der Waals surface area (Å²) in [7, 11) is 4.07. The van der Waals surface area contributed by atoms with Crippen molar-refractivity contribution in [2.45, 2.75) is 19.5 Å². The summed E-state index contributed by atoms with van der Waals surface area (Å²) in [6.45, 7) is 2.74. The molecule has 1 aromatic heterocycles. The van der Waals surface area contributed by atoms with Crippen LogP contribution in [-0.4, -0.2) is 35.6 Å². The Hall–Kier alpha value is -2.01. The second-order valence-electron chi connectivity index (χ2n) is 5.07. The van der Waals surface area contributed by atoms with Gasteiger partial charge in [-0.05, 0) is 24.6 Å². The number of anilines is 2. The lowest BCUT2D eigenvalue weighted by Crippen LogP contribution is -2.10. The van der Waals surface area contributed by atoms with E-state index in [0.717, 1.165) is 5.69 Å². The summed E-state index contributed by atoms with van der Waals surface area (Å²) in [5.41, 5.74) is 3.38. The summed E-state index contributed by atoms with van der Waals surface area (Å²) in [6, 6.07) is 8.69. The Morgan fingerprint density at radius 1 is 1.30 bits per heavy atom. The molecule has 5 heteroatoms. The number of nitrogens with one attached hydrogen (secondary N) is 1. The summed E-state index contributed by atoms with van der Waals surface area (Å²) in [6.07, 6.45) is 3.68. The quantitative estimate of drug-likeness (QED) is 0.847. The maximum absolute atomic E-state index is 8.87. The van der Waals surface area contributed by atoms with Gasteiger partial charge in [0.2, 0.25) is 0 Å². The van der Waals surface area contributed by atoms with Crippen LogP contribution in [0.5, 0.6) is 0 Å². The van der Waals surface area contributed by atoms with E-state index in [4.69, 9.17) is 5.11 Å². The van der Waals surface area contributed by atoms with Gasteiger partial charge in [0.05, 0.1) is 25.0 Å². The number of benzene rings is 1. The van der Waals surface area contributed by atoms with Crippen molar-refractivity contribution < 1.29 is 5.11 Å². The molecule has 1 heterocycles. The molecular formula is C15H22N4O. The number of hydrogen-bond donors (Lipinski definition) is 2. The molecule has 2 aromatic rings. The molecule has 0 saturated heterocycles. The predicted octanol–water partition coefficient (Wildman–Crippen LogP) is 2.11. The third-order valence-corrected chi connectivity index (χ3v) is 3.26. The van der Waals surface area contributed by atoms with Crippen molar-refractivity contribution in [2.24, 2.45) is 0 Å². The van der Waals surface area contributed by atoms with E-state index in [0.29, 0.717) is 6.54 Å². The number of aliphatic hydroxyl groups is 1. The molecule has 1 atom stereocenters. The Balaban J connectivity index is 2.01. The van der Waals surface area contributed by atoms with E-state index in [2.05, 4.69) is 46.5 Å². The molecule has 1 unspecified atom stereocenters. The molecule has 0 saturated carbocycles. The molecule has 0 aliphatic rings. The summed E-state index contributed by atoms with van der Waals surface area (Å²) >= 11 is 0. The van der Waals surface area contributed by atoms with Gasteiger partial charge < -0.3 is 15.3 Å². The van der Waals surface area contributed by atoms with Crippen LogP contribution < -0.4 is 10.2 Å². The Labute approximate surface area is 119 Å². The Bertz CT molecular complexity index is 533. The van der Waals surface area contributed by atoms with Crippen LogP contribution in [-0.2, 0) is 6.54 Å². The van der Waals surface area contributed by atoms with Gasteiger partial charge in [-0.15, -0.1) is 0 Å². The van der Waals surface area contributed by atoms with Crippen molar-refractivity contribution in [3.05, 3.63) is 42.2 Å². The molecule has 0 aliphatic carbocycles. The summed E-state index contributed by atoms with van der Waals surface area (Å²) in [5, 5.41) is 16.5. The van der Waals surface area contributed by atoms with Crippen LogP contribution in [0.3, 0.4) is 0 Å². The Kier molecular flexibility index (Phi) is 4.63. The predicted molar refractivity (Wildman–Crippen MR) is 82.1 cm³/mol. The molecule has 0 bridgehead atoms. The molecule has 5 nitrogen and oxygen atoms in total. The highest BCUT2D eigenvalue weighted by Gasteiger charge is 2.07. The Morgan fingerprint density at radius 3 is 2.60 bits per heavy atom. The molecule has 20 heavy (non-hydrogen) atoms. The second kappa shape index (κ2) is 6.43. The van der Waals surface area contributed by atoms with E-state index in [1.807, 2.05) is 20.3 Å². The zero-order valence-corrected chi connectivity index (χ0v) is 12.2. The maximum Gasteiger partial charge on any atom is 0.0731 e. The van der Waals surface area contributed by atoms with E-state index in [1.54, 1.807) is 10.9 Å². The van der Waals surface area contributed by atoms with Crippen LogP contribution >= 0.6 is 0 Å². The van der Waals surface area contributed by atoms with E-state index in [1.165, 1.54) is 11.3 Å². The average molecular weight is 274 g/mol. The molecule has 2 N–H and O–H groups in total. The fourth-order valence-electron chi connectivity index (χ4n) is 2.06. The van der Waals surface area contributed by atoms with Crippen LogP contribution in [0.15, 0.2) is 36.7 Å². The van der Waals surface area contributed by atoms with E-state index >= 15 is 0 Å². The van der Waals surface area contributed by atoms with Gasteiger partial charge in [0.25, 0.3) is 0 Å². The molecular weight excluding hydrogens is 252 g/mol. The van der Waals surface area contributed by atoms with Crippen LogP contribution in [0.4, 0.5) is 11.4 Å². The summed E-state index contributed by atoms with van der Waals surface area (Å²) in [4.78, 5) is 2.08. The van der Waals surface area contributed by atoms with Crippen LogP contribution in [0.25, 0.3) is 0 Å². The number of aromatic nitrogens is 2. The first-order chi connectivity index (χ1) is 9.60. The smallest absolute Gasteiger partial charge is 0.0731 e. The Morgan fingerprint density at radius 2 is 2.00 bits per heavy atom. The fourth-order valence-corrected chi connectivity index (χ4v) is 2.06. The van der Waals surface area contributed by atoms with Crippen molar-refractivity contribution in [3.8, 4) is 0 Å². The van der Waals surface area contributed by atoms with Crippen molar-refractivity contribution in [1.82, 2.24) is 9.78 Å². The van der Waals surface area contributed by atoms with Crippen molar-refractivity contribution in [3.63, 3.8) is 0 Å². The standard InChI is InChI=1S/C15H22N4O/c1-12(13-4-6-15(7-5-13)18(2)3)17-14-10-16-19(11-14)8-9-20/h4-7,10-12,17,20H,8-9H2,1-3H3. The van der Waals surface area contributed by atoms with Gasteiger partial charge in [-0.3, -0.25) is 4.68 Å². The maximum atomic E-state index is 8.87. The first-order valence-electron chi connectivity index (χ1n) is 6.77. The lowest BCUT2D eigenvalue weighted by Gasteiger charge is -2.17. The zero-order valence-electron chi connectivity index (χ0n) is 12.2. The largest absolute Gasteiger partial charge is 0.394 e. The number of hydrogen-bond acceptors (Lipinski definition) is 4. The number of rotatable bonds is 6. The van der Waals surface area contributed by atoms with Gasteiger partial charge in [0, 0.05) is 32.0 Å². The lowest BCUT2D eigenvalue weighted by atomic mass is 10.1. The van der Waals surface area contributed by atoms with E-state index in [9.17, 15) is 0 Å². The number of nitrogens with zero attached hydrogens (tertiary/aromatic N) is 3. The van der Waals surface area contributed by atoms with Crippen LogP contribution in [0.2, 0.25) is 0 Å². The molecule has 1 aromatic carbocycles. The SMILES string of the molecule is CC(Nc1cnn(CCO)c1)c1ccc(N(C)C)cc1. The van der Waals surface area contributed by atoms with Crippen molar-refractivity contribution >= 4 is 11.4 Å². The van der Waals surface area contributed by atoms with Crippen molar-refractivity contribution in [1.29, 1.82) is 0 Å². The molecule has 2 rings (SSSR count). The lowest BCUT2D eigenvalue weighted by molar-refractivity contribution is 0.269. The second-order valence-corrected chi connectivity index (χ2v) is 5.07. The first kappa shape index (κ1) is 14.4. The van der Waals surface area contributed by atoms with Gasteiger partial charge in [-0.1, -0.05) is 12.1 Å². The van der Waals surface area contributed by atoms with E-state index < -0.39 is 0 Å². The van der Waals surface area contributed by atoms with E-state index in [-0.39, 0.29) is 12.6 Å². The highest BCUT2D eigenvalue weighted by molar-refractivity contribution is 5.48. The van der Waals surface area contributed by atoms with Gasteiger partial charge in [0.15, 0.2) is 0 Å². The van der Waals surface area contributed by atoms with Gasteiger partial charge in [-0.2, -0.15) is 5.10 Å². The molecule has 108 valence electrons. The van der Waals surface area contributed by atoms with Crippen molar-refractivity contribution in [2.75, 3.05) is 30.9 Å². The number of aliphatic hydroxyl groups excluding tert-OH is 1. The molecule has 0 spiro atoms. The molecule has 0 radical (unpaired) electrons. The van der Waals surface area contributed by atoms with Gasteiger partial charge in [0.1, 0.15) is 0 Å². The average Bonchev–Trinajstić information content (AvgIpc) is 2.86. The minimum atomic E-state index is 0.0999. The van der Waals surface area contributed by atoms with Gasteiger partial charge in [-0.25, -0.2) is 0 Å². The van der Waals surface area contributed by atoms with Gasteiger partial charge >= 0.3 is 0 Å². The highest BCUT2D eigenvalue weighted by Crippen LogP contribution is 2.21. The minimum absolute atomic E-state index is 0.0999. The molecule has 0 aliphatic heterocycles. The molecule has 0 amide bonds. The minimum Gasteiger partial charge on any atom is -0.394 e. The monoisotopic (exact) mass is 274 g/mol. The topological polar surface area (TPSA) is 53.3 Å². The zero-order chi connectivity index (χ0) is 14.5.